The Bertz CT molecular complexity index is 673. The zero-order valence-corrected chi connectivity index (χ0v) is 12.7. The summed E-state index contributed by atoms with van der Waals surface area (Å²) in [7, 11) is 0. The van der Waals surface area contributed by atoms with E-state index >= 15 is 0 Å². The Balaban J connectivity index is 2.05. The Kier molecular flexibility index (Phi) is 4.96. The molecule has 0 unspecified atom stereocenters. The maximum Gasteiger partial charge on any atom is 0.229 e. The van der Waals surface area contributed by atoms with Gasteiger partial charge in [0, 0.05) is 9.75 Å². The highest BCUT2D eigenvalue weighted by Gasteiger charge is 2.11. The van der Waals surface area contributed by atoms with Crippen LogP contribution in [0.2, 0.25) is 0 Å². The molecule has 1 heterocycles. The van der Waals surface area contributed by atoms with E-state index in [4.69, 9.17) is 10.00 Å². The van der Waals surface area contributed by atoms with E-state index < -0.39 is 6.10 Å². The first-order chi connectivity index (χ1) is 10.1. The van der Waals surface area contributed by atoms with Crippen LogP contribution in [0, 0.1) is 18.3 Å². The van der Waals surface area contributed by atoms with E-state index in [1.54, 1.807) is 36.5 Å². The van der Waals surface area contributed by atoms with Gasteiger partial charge in [-0.15, -0.1) is 11.3 Å². The summed E-state index contributed by atoms with van der Waals surface area (Å²) >= 11 is 1.61. The van der Waals surface area contributed by atoms with Crippen LogP contribution >= 0.6 is 11.3 Å². The maximum absolute atomic E-state index is 12.1. The standard InChI is InChI=1S/C16H16N2O2S/c1-11(10-17)20-15-6-4-3-5-14(15)18-16(19)9-13-8-7-12(2)21-13/h3-8,11H,9H2,1-2H3,(H,18,19)/t11-/m0/s1. The van der Waals surface area contributed by atoms with E-state index in [0.29, 0.717) is 17.9 Å². The van der Waals surface area contributed by atoms with E-state index in [1.807, 2.05) is 31.2 Å². The van der Waals surface area contributed by atoms with Gasteiger partial charge in [-0.2, -0.15) is 5.26 Å². The van der Waals surface area contributed by atoms with E-state index in [-0.39, 0.29) is 5.91 Å². The molecule has 1 aromatic carbocycles. The van der Waals surface area contributed by atoms with Gasteiger partial charge in [-0.05, 0) is 38.1 Å². The lowest BCUT2D eigenvalue weighted by Crippen LogP contribution is -2.16. The molecule has 1 amide bonds. The molecule has 1 N–H and O–H groups in total. The molecule has 4 nitrogen and oxygen atoms in total. The summed E-state index contributed by atoms with van der Waals surface area (Å²) in [5.74, 6) is 0.403. The number of amides is 1. The number of benzene rings is 1. The minimum Gasteiger partial charge on any atom is -0.474 e. The van der Waals surface area contributed by atoms with E-state index in [0.717, 1.165) is 4.88 Å². The molecule has 2 aromatic rings. The molecule has 0 fully saturated rings. The van der Waals surface area contributed by atoms with Gasteiger partial charge in [0.2, 0.25) is 5.91 Å². The SMILES string of the molecule is Cc1ccc(CC(=O)Nc2ccccc2O[C@@H](C)C#N)s1. The van der Waals surface area contributed by atoms with Gasteiger partial charge >= 0.3 is 0 Å². The van der Waals surface area contributed by atoms with Crippen molar-refractivity contribution in [1.82, 2.24) is 0 Å². The van der Waals surface area contributed by atoms with Gasteiger partial charge in [0.15, 0.2) is 6.10 Å². The van der Waals surface area contributed by atoms with Gasteiger partial charge < -0.3 is 10.1 Å². The Morgan fingerprint density at radius 2 is 2.14 bits per heavy atom. The van der Waals surface area contributed by atoms with E-state index in [1.165, 1.54) is 4.88 Å². The van der Waals surface area contributed by atoms with Crippen LogP contribution in [0.1, 0.15) is 16.7 Å². The van der Waals surface area contributed by atoms with Crippen molar-refractivity contribution in [1.29, 1.82) is 5.26 Å². The molecular formula is C16H16N2O2S. The smallest absolute Gasteiger partial charge is 0.229 e. The second-order valence-electron chi connectivity index (χ2n) is 4.62. The fraction of sp³-hybridized carbons (Fsp3) is 0.250. The predicted molar refractivity (Wildman–Crippen MR) is 83.5 cm³/mol. The molecule has 0 saturated heterocycles. The molecule has 1 atom stereocenters. The van der Waals surface area contributed by atoms with Crippen molar-refractivity contribution in [3.05, 3.63) is 46.2 Å². The number of nitrogens with one attached hydrogen (secondary N) is 1. The number of anilines is 1. The second-order valence-corrected chi connectivity index (χ2v) is 6.00. The first-order valence-corrected chi connectivity index (χ1v) is 7.40. The average molecular weight is 300 g/mol. The van der Waals surface area contributed by atoms with Crippen LogP contribution < -0.4 is 10.1 Å². The Hall–Kier alpha value is -2.32. The number of carbonyl (C=O) groups excluding carboxylic acids is 1. The predicted octanol–water partition coefficient (Wildman–Crippen LogP) is 3.53. The third kappa shape index (κ3) is 4.33. The number of hydrogen-bond donors (Lipinski definition) is 1. The van der Waals surface area contributed by atoms with Crippen molar-refractivity contribution >= 4 is 22.9 Å². The first kappa shape index (κ1) is 15.1. The number of aryl methyl sites for hydroxylation is 1. The van der Waals surface area contributed by atoms with Crippen molar-refractivity contribution in [3.8, 4) is 11.8 Å². The monoisotopic (exact) mass is 300 g/mol. The third-order valence-electron chi connectivity index (χ3n) is 2.78. The third-order valence-corrected chi connectivity index (χ3v) is 3.78. The molecule has 5 heteroatoms. The number of para-hydroxylation sites is 2. The molecule has 0 spiro atoms. The lowest BCUT2D eigenvalue weighted by molar-refractivity contribution is -0.115. The fourth-order valence-electron chi connectivity index (χ4n) is 1.82. The van der Waals surface area contributed by atoms with Crippen molar-refractivity contribution in [2.75, 3.05) is 5.32 Å². The van der Waals surface area contributed by atoms with Crippen LogP contribution in [0.4, 0.5) is 5.69 Å². The van der Waals surface area contributed by atoms with Gasteiger partial charge in [-0.3, -0.25) is 4.79 Å². The van der Waals surface area contributed by atoms with Crippen molar-refractivity contribution < 1.29 is 9.53 Å². The van der Waals surface area contributed by atoms with Crippen LogP contribution in [0.15, 0.2) is 36.4 Å². The first-order valence-electron chi connectivity index (χ1n) is 6.59. The van der Waals surface area contributed by atoms with E-state index in [2.05, 4.69) is 5.32 Å². The fourth-order valence-corrected chi connectivity index (χ4v) is 2.71. The zero-order valence-electron chi connectivity index (χ0n) is 11.9. The Morgan fingerprint density at radius 3 is 2.81 bits per heavy atom. The summed E-state index contributed by atoms with van der Waals surface area (Å²) in [6.07, 6.45) is -0.233. The molecule has 0 radical (unpaired) electrons. The van der Waals surface area contributed by atoms with Crippen LogP contribution in [0.5, 0.6) is 5.75 Å². The highest BCUT2D eigenvalue weighted by atomic mass is 32.1. The topological polar surface area (TPSA) is 62.1 Å². The van der Waals surface area contributed by atoms with E-state index in [9.17, 15) is 4.79 Å². The summed E-state index contributed by atoms with van der Waals surface area (Å²) < 4.78 is 5.48. The Morgan fingerprint density at radius 1 is 1.38 bits per heavy atom. The van der Waals surface area contributed by atoms with Crippen LogP contribution in [-0.2, 0) is 11.2 Å². The molecule has 2 rings (SSSR count). The molecule has 0 bridgehead atoms. The number of hydrogen-bond acceptors (Lipinski definition) is 4. The van der Waals surface area contributed by atoms with Gasteiger partial charge in [0.1, 0.15) is 11.8 Å². The van der Waals surface area contributed by atoms with Crippen molar-refractivity contribution in [3.63, 3.8) is 0 Å². The molecule has 21 heavy (non-hydrogen) atoms. The normalized spacial score (nSPS) is 11.5. The number of rotatable bonds is 5. The largest absolute Gasteiger partial charge is 0.474 e. The highest BCUT2D eigenvalue weighted by Crippen LogP contribution is 2.25. The minimum atomic E-state index is -0.567. The number of nitrogens with zero attached hydrogens (tertiary/aromatic N) is 1. The van der Waals surface area contributed by atoms with Gasteiger partial charge in [0.05, 0.1) is 12.1 Å². The molecule has 0 aliphatic heterocycles. The Labute approximate surface area is 128 Å². The highest BCUT2D eigenvalue weighted by molar-refractivity contribution is 7.12. The molecular weight excluding hydrogens is 284 g/mol. The second kappa shape index (κ2) is 6.91. The van der Waals surface area contributed by atoms with Crippen LogP contribution in [-0.4, -0.2) is 12.0 Å². The molecule has 0 aliphatic carbocycles. The lowest BCUT2D eigenvalue weighted by atomic mass is 10.2. The zero-order chi connectivity index (χ0) is 15.2. The molecule has 0 aliphatic rings. The molecule has 0 saturated carbocycles. The van der Waals surface area contributed by atoms with Gasteiger partial charge in [0.25, 0.3) is 0 Å². The number of ether oxygens (including phenoxy) is 1. The van der Waals surface area contributed by atoms with Crippen molar-refractivity contribution in [2.45, 2.75) is 26.4 Å². The summed E-state index contributed by atoms with van der Waals surface area (Å²) in [6, 6.07) is 13.1. The summed E-state index contributed by atoms with van der Waals surface area (Å²) in [5, 5.41) is 11.6. The molecule has 108 valence electrons. The summed E-state index contributed by atoms with van der Waals surface area (Å²) in [6.45, 7) is 3.67. The molecule has 1 aromatic heterocycles. The maximum atomic E-state index is 12.1. The van der Waals surface area contributed by atoms with Gasteiger partial charge in [-0.25, -0.2) is 0 Å². The number of nitriles is 1. The number of thiophene rings is 1. The number of carbonyl (C=O) groups is 1. The van der Waals surface area contributed by atoms with Crippen molar-refractivity contribution in [2.24, 2.45) is 0 Å². The van der Waals surface area contributed by atoms with Crippen LogP contribution in [0.3, 0.4) is 0 Å². The quantitative estimate of drug-likeness (QED) is 0.918. The van der Waals surface area contributed by atoms with Gasteiger partial charge in [-0.1, -0.05) is 12.1 Å². The summed E-state index contributed by atoms with van der Waals surface area (Å²) in [5.41, 5.74) is 0.581. The average Bonchev–Trinajstić information content (AvgIpc) is 2.86. The summed E-state index contributed by atoms with van der Waals surface area (Å²) in [4.78, 5) is 14.3. The minimum absolute atomic E-state index is 0.0995. The van der Waals surface area contributed by atoms with Crippen LogP contribution in [0.25, 0.3) is 0 Å². The lowest BCUT2D eigenvalue weighted by Gasteiger charge is -2.13.